The van der Waals surface area contributed by atoms with Gasteiger partial charge in [-0.25, -0.2) is 19.3 Å². The second-order valence-electron chi connectivity index (χ2n) is 4.70. The molecule has 0 aromatic carbocycles. The number of methoxy groups -OCH3 is 1. The summed E-state index contributed by atoms with van der Waals surface area (Å²) in [5, 5.41) is 2.99. The fourth-order valence-corrected chi connectivity index (χ4v) is 1.88. The Morgan fingerprint density at radius 1 is 1.29 bits per heavy atom. The van der Waals surface area contributed by atoms with Crippen LogP contribution in [0.5, 0.6) is 5.88 Å². The number of hydrogen-bond acceptors (Lipinski definition) is 5. The molecular weight excluding hydrogens is 271 g/mol. The number of rotatable bonds is 6. The highest BCUT2D eigenvalue weighted by Crippen LogP contribution is 2.16. The van der Waals surface area contributed by atoms with Gasteiger partial charge in [-0.3, -0.25) is 0 Å². The third kappa shape index (κ3) is 3.87. The summed E-state index contributed by atoms with van der Waals surface area (Å²) in [5.41, 5.74) is 1.29. The lowest BCUT2D eigenvalue weighted by Crippen LogP contribution is -2.10. The first-order valence-electron chi connectivity index (χ1n) is 6.89. The summed E-state index contributed by atoms with van der Waals surface area (Å²) in [7, 11) is 1.57. The smallest absolute Gasteiger partial charge is 0.212 e. The summed E-state index contributed by atoms with van der Waals surface area (Å²) in [6, 6.07) is 3.68. The molecule has 2 heterocycles. The van der Waals surface area contributed by atoms with E-state index in [0.29, 0.717) is 30.4 Å². The zero-order valence-electron chi connectivity index (χ0n) is 12.5. The zero-order valence-corrected chi connectivity index (χ0v) is 12.5. The van der Waals surface area contributed by atoms with Crippen LogP contribution in [0.2, 0.25) is 0 Å². The van der Waals surface area contributed by atoms with Crippen molar-refractivity contribution in [1.82, 2.24) is 15.0 Å². The van der Waals surface area contributed by atoms with Crippen LogP contribution in [-0.2, 0) is 6.42 Å². The van der Waals surface area contributed by atoms with E-state index in [9.17, 15) is 4.39 Å². The van der Waals surface area contributed by atoms with Crippen molar-refractivity contribution in [2.75, 3.05) is 19.0 Å². The van der Waals surface area contributed by atoms with E-state index in [1.165, 1.54) is 0 Å². The first kappa shape index (κ1) is 15.2. The summed E-state index contributed by atoms with van der Waals surface area (Å²) in [4.78, 5) is 12.6. The molecule has 21 heavy (non-hydrogen) atoms. The first-order valence-corrected chi connectivity index (χ1v) is 6.89. The standard InChI is InChI=1S/C15H19FN4O/c1-4-7-17-15-14(16)10(2)19-12(20-15)8-11-5-6-13(21-3)18-9-11/h5-6,9H,4,7-8H2,1-3H3,(H,17,19,20). The number of nitrogens with zero attached hydrogens (tertiary/aromatic N) is 3. The minimum Gasteiger partial charge on any atom is -0.481 e. The summed E-state index contributed by atoms with van der Waals surface area (Å²) in [6.07, 6.45) is 3.11. The van der Waals surface area contributed by atoms with Gasteiger partial charge in [-0.15, -0.1) is 0 Å². The van der Waals surface area contributed by atoms with Crippen molar-refractivity contribution in [3.63, 3.8) is 0 Å². The van der Waals surface area contributed by atoms with Gasteiger partial charge in [0, 0.05) is 25.2 Å². The molecule has 0 saturated heterocycles. The minimum atomic E-state index is -0.389. The van der Waals surface area contributed by atoms with Crippen LogP contribution in [0.4, 0.5) is 10.2 Å². The van der Waals surface area contributed by atoms with E-state index in [4.69, 9.17) is 4.74 Å². The van der Waals surface area contributed by atoms with Gasteiger partial charge in [0.05, 0.1) is 12.8 Å². The van der Waals surface area contributed by atoms with Crippen LogP contribution in [-0.4, -0.2) is 28.6 Å². The van der Waals surface area contributed by atoms with Crippen LogP contribution < -0.4 is 10.1 Å². The number of halogens is 1. The molecule has 0 radical (unpaired) electrons. The Hall–Kier alpha value is -2.24. The van der Waals surface area contributed by atoms with Crippen molar-refractivity contribution in [1.29, 1.82) is 0 Å². The van der Waals surface area contributed by atoms with E-state index in [1.54, 1.807) is 26.3 Å². The molecule has 2 aromatic rings. The average Bonchev–Trinajstić information content (AvgIpc) is 2.50. The first-order chi connectivity index (χ1) is 10.1. The predicted octanol–water partition coefficient (Wildman–Crippen LogP) is 2.74. The van der Waals surface area contributed by atoms with E-state index in [-0.39, 0.29) is 11.6 Å². The van der Waals surface area contributed by atoms with Gasteiger partial charge in [0.25, 0.3) is 0 Å². The van der Waals surface area contributed by atoms with Gasteiger partial charge in [0.15, 0.2) is 11.6 Å². The van der Waals surface area contributed by atoms with Gasteiger partial charge in [0.1, 0.15) is 5.82 Å². The molecule has 0 spiro atoms. The van der Waals surface area contributed by atoms with Gasteiger partial charge in [-0.2, -0.15) is 0 Å². The predicted molar refractivity (Wildman–Crippen MR) is 79.1 cm³/mol. The lowest BCUT2D eigenvalue weighted by molar-refractivity contribution is 0.397. The van der Waals surface area contributed by atoms with Crippen molar-refractivity contribution in [2.24, 2.45) is 0 Å². The average molecular weight is 290 g/mol. The second-order valence-corrected chi connectivity index (χ2v) is 4.70. The Labute approximate surface area is 123 Å². The summed E-state index contributed by atoms with van der Waals surface area (Å²) in [5.74, 6) is 1.00. The molecule has 0 aliphatic carbocycles. The lowest BCUT2D eigenvalue weighted by Gasteiger charge is -2.09. The Balaban J connectivity index is 2.20. The topological polar surface area (TPSA) is 59.9 Å². The molecule has 0 unspecified atom stereocenters. The Morgan fingerprint density at radius 2 is 2.10 bits per heavy atom. The molecule has 0 aliphatic heterocycles. The van der Waals surface area contributed by atoms with Crippen molar-refractivity contribution in [3.8, 4) is 5.88 Å². The largest absolute Gasteiger partial charge is 0.481 e. The van der Waals surface area contributed by atoms with Crippen LogP contribution in [0.3, 0.4) is 0 Å². The van der Waals surface area contributed by atoms with E-state index < -0.39 is 0 Å². The molecule has 2 rings (SSSR count). The molecule has 112 valence electrons. The molecular formula is C15H19FN4O. The number of pyridine rings is 1. The molecule has 0 saturated carbocycles. The SMILES string of the molecule is CCCNc1nc(Cc2ccc(OC)nc2)nc(C)c1F. The van der Waals surface area contributed by atoms with E-state index in [1.807, 2.05) is 13.0 Å². The second kappa shape index (κ2) is 6.97. The fourth-order valence-electron chi connectivity index (χ4n) is 1.88. The van der Waals surface area contributed by atoms with Crippen molar-refractivity contribution in [3.05, 3.63) is 41.2 Å². The molecule has 0 atom stereocenters. The highest BCUT2D eigenvalue weighted by molar-refractivity contribution is 5.38. The molecule has 0 fully saturated rings. The Morgan fingerprint density at radius 3 is 2.71 bits per heavy atom. The number of ether oxygens (including phenoxy) is 1. The fraction of sp³-hybridized carbons (Fsp3) is 0.400. The lowest BCUT2D eigenvalue weighted by atomic mass is 10.2. The number of aromatic nitrogens is 3. The Kier molecular flexibility index (Phi) is 5.03. The van der Waals surface area contributed by atoms with Gasteiger partial charge in [0.2, 0.25) is 5.88 Å². The molecule has 0 aliphatic rings. The van der Waals surface area contributed by atoms with Crippen LogP contribution in [0.1, 0.15) is 30.4 Å². The van der Waals surface area contributed by atoms with Gasteiger partial charge < -0.3 is 10.1 Å². The highest BCUT2D eigenvalue weighted by Gasteiger charge is 2.11. The normalized spacial score (nSPS) is 10.5. The monoisotopic (exact) mass is 290 g/mol. The minimum absolute atomic E-state index is 0.265. The van der Waals surface area contributed by atoms with Crippen LogP contribution in [0.15, 0.2) is 18.3 Å². The number of aryl methyl sites for hydroxylation is 1. The zero-order chi connectivity index (χ0) is 15.2. The van der Waals surface area contributed by atoms with Gasteiger partial charge in [-0.05, 0) is 18.9 Å². The van der Waals surface area contributed by atoms with Crippen molar-refractivity contribution >= 4 is 5.82 Å². The van der Waals surface area contributed by atoms with Crippen LogP contribution >= 0.6 is 0 Å². The Bertz CT molecular complexity index is 601. The van der Waals surface area contributed by atoms with E-state index >= 15 is 0 Å². The molecule has 2 aromatic heterocycles. The summed E-state index contributed by atoms with van der Waals surface area (Å²) < 4.78 is 18.9. The van der Waals surface area contributed by atoms with Crippen LogP contribution in [0, 0.1) is 12.7 Å². The number of hydrogen-bond donors (Lipinski definition) is 1. The maximum absolute atomic E-state index is 13.9. The number of nitrogens with one attached hydrogen (secondary N) is 1. The van der Waals surface area contributed by atoms with Gasteiger partial charge >= 0.3 is 0 Å². The third-order valence-electron chi connectivity index (χ3n) is 2.97. The molecule has 1 N–H and O–H groups in total. The van der Waals surface area contributed by atoms with Crippen LogP contribution in [0.25, 0.3) is 0 Å². The quantitative estimate of drug-likeness (QED) is 0.886. The molecule has 6 heteroatoms. The summed E-state index contributed by atoms with van der Waals surface area (Å²) in [6.45, 7) is 4.34. The molecule has 5 nitrogen and oxygen atoms in total. The van der Waals surface area contributed by atoms with E-state index in [0.717, 1.165) is 12.0 Å². The van der Waals surface area contributed by atoms with Gasteiger partial charge in [-0.1, -0.05) is 13.0 Å². The summed E-state index contributed by atoms with van der Waals surface area (Å²) >= 11 is 0. The molecule has 0 bridgehead atoms. The van der Waals surface area contributed by atoms with Crippen molar-refractivity contribution < 1.29 is 9.13 Å². The third-order valence-corrected chi connectivity index (χ3v) is 2.97. The maximum Gasteiger partial charge on any atom is 0.212 e. The highest BCUT2D eigenvalue weighted by atomic mass is 19.1. The molecule has 0 amide bonds. The van der Waals surface area contributed by atoms with E-state index in [2.05, 4.69) is 20.3 Å². The number of anilines is 1. The maximum atomic E-state index is 13.9. The van der Waals surface area contributed by atoms with Crippen molar-refractivity contribution in [2.45, 2.75) is 26.7 Å².